The molecule has 3 aliphatic rings. The van der Waals surface area contributed by atoms with Crippen LogP contribution in [0.3, 0.4) is 0 Å². The van der Waals surface area contributed by atoms with Gasteiger partial charge in [-0.1, -0.05) is 12.5 Å². The molecule has 3 fully saturated rings. The molecule has 0 aliphatic carbocycles. The van der Waals surface area contributed by atoms with Crippen LogP contribution < -0.4 is 9.80 Å². The number of benzene rings is 1. The molecule has 0 saturated carbocycles. The highest BCUT2D eigenvalue weighted by atomic mass is 16.4. The van der Waals surface area contributed by atoms with Crippen LogP contribution in [-0.4, -0.2) is 65.2 Å². The van der Waals surface area contributed by atoms with Crippen LogP contribution in [0.15, 0.2) is 41.1 Å². The van der Waals surface area contributed by atoms with Crippen molar-refractivity contribution in [3.8, 4) is 0 Å². The fraction of sp³-hybridized carbons (Fsp3) is 0.577. The molecule has 0 atom stereocenters. The van der Waals surface area contributed by atoms with Crippen molar-refractivity contribution in [2.45, 2.75) is 56.9 Å². The molecule has 6 rings (SSSR count). The van der Waals surface area contributed by atoms with E-state index < -0.39 is 0 Å². The summed E-state index contributed by atoms with van der Waals surface area (Å²) >= 11 is 0. The summed E-state index contributed by atoms with van der Waals surface area (Å²) in [6, 6.07) is 10.0. The Kier molecular flexibility index (Phi) is 5.89. The Morgan fingerprint density at radius 1 is 0.788 bits per heavy atom. The molecule has 0 amide bonds. The molecular weight excluding hydrogens is 412 g/mol. The lowest BCUT2D eigenvalue weighted by Crippen LogP contribution is -2.46. The fourth-order valence-electron chi connectivity index (χ4n) is 5.89. The summed E-state index contributed by atoms with van der Waals surface area (Å²) in [5, 5.41) is 0. The summed E-state index contributed by atoms with van der Waals surface area (Å²) in [7, 11) is 0. The molecule has 3 aliphatic heterocycles. The molecule has 1 aromatic carbocycles. The maximum Gasteiger partial charge on any atom is 0.298 e. The van der Waals surface area contributed by atoms with Crippen LogP contribution in [0.4, 0.5) is 12.0 Å². The third kappa shape index (κ3) is 4.43. The van der Waals surface area contributed by atoms with Crippen molar-refractivity contribution in [1.82, 2.24) is 19.9 Å². The van der Waals surface area contributed by atoms with Crippen LogP contribution in [-0.2, 0) is 0 Å². The molecule has 0 bridgehead atoms. The lowest BCUT2D eigenvalue weighted by molar-refractivity contribution is 0.140. The molecule has 0 N–H and O–H groups in total. The lowest BCUT2D eigenvalue weighted by atomic mass is 9.89. The van der Waals surface area contributed by atoms with Crippen LogP contribution in [0.25, 0.3) is 11.1 Å². The van der Waals surface area contributed by atoms with Gasteiger partial charge in [-0.25, -0.2) is 9.97 Å². The number of nitrogens with zero attached hydrogens (tertiary/aromatic N) is 6. The van der Waals surface area contributed by atoms with Crippen LogP contribution in [0.2, 0.25) is 0 Å². The first-order valence-corrected chi connectivity index (χ1v) is 12.7. The van der Waals surface area contributed by atoms with Crippen LogP contribution in [0.5, 0.6) is 0 Å². The molecule has 0 spiro atoms. The van der Waals surface area contributed by atoms with Gasteiger partial charge in [0.15, 0.2) is 5.58 Å². The third-order valence-corrected chi connectivity index (χ3v) is 7.84. The first-order valence-electron chi connectivity index (χ1n) is 12.7. The molecular formula is C26H34N6O. The van der Waals surface area contributed by atoms with E-state index in [9.17, 15) is 0 Å². The number of fused-ring (bicyclic) bond motifs is 1. The van der Waals surface area contributed by atoms with Crippen molar-refractivity contribution < 1.29 is 4.42 Å². The second-order valence-electron chi connectivity index (χ2n) is 9.85. The average molecular weight is 447 g/mol. The van der Waals surface area contributed by atoms with Gasteiger partial charge in [-0.05, 0) is 81.3 Å². The Labute approximate surface area is 195 Å². The predicted octanol–water partition coefficient (Wildman–Crippen LogP) is 4.46. The summed E-state index contributed by atoms with van der Waals surface area (Å²) in [6.45, 7) is 6.63. The first kappa shape index (κ1) is 20.9. The smallest absolute Gasteiger partial charge is 0.298 e. The number of aromatic nitrogens is 3. The number of rotatable bonds is 4. The number of hydrogen-bond donors (Lipinski definition) is 0. The van der Waals surface area contributed by atoms with Gasteiger partial charge in [0.05, 0.1) is 0 Å². The van der Waals surface area contributed by atoms with Gasteiger partial charge in [-0.3, -0.25) is 0 Å². The van der Waals surface area contributed by atoms with Gasteiger partial charge in [0.1, 0.15) is 5.52 Å². The minimum Gasteiger partial charge on any atom is -0.423 e. The normalized spacial score (nSPS) is 21.7. The molecule has 2 aromatic heterocycles. The number of piperidine rings is 3. The molecule has 0 unspecified atom stereocenters. The number of oxazole rings is 1. The van der Waals surface area contributed by atoms with Gasteiger partial charge in [0, 0.05) is 44.6 Å². The summed E-state index contributed by atoms with van der Waals surface area (Å²) in [6.07, 6.45) is 12.4. The standard InChI is InChI=1S/C26H34N6O/c1-2-13-30(14-3-1)22-9-17-32(18-10-22)26-29-23-6-5-21(19-24(23)33-26)20-7-15-31(16-8-20)25-27-11-4-12-28-25/h4-6,11-12,19-20,22H,1-3,7-10,13-18H2. The highest BCUT2D eigenvalue weighted by Crippen LogP contribution is 2.33. The maximum absolute atomic E-state index is 6.28. The van der Waals surface area contributed by atoms with Gasteiger partial charge in [-0.2, -0.15) is 4.98 Å². The van der Waals surface area contributed by atoms with Crippen molar-refractivity contribution in [2.75, 3.05) is 49.1 Å². The Bertz CT molecular complexity index is 1050. The van der Waals surface area contributed by atoms with Crippen LogP contribution in [0.1, 0.15) is 56.4 Å². The van der Waals surface area contributed by atoms with Crippen LogP contribution >= 0.6 is 0 Å². The van der Waals surface area contributed by atoms with E-state index in [1.165, 1.54) is 50.8 Å². The molecule has 3 saturated heterocycles. The van der Waals surface area contributed by atoms with E-state index in [0.717, 1.165) is 68.1 Å². The molecule has 3 aromatic rings. The molecule has 0 radical (unpaired) electrons. The van der Waals surface area contributed by atoms with Gasteiger partial charge >= 0.3 is 0 Å². The van der Waals surface area contributed by atoms with Crippen molar-refractivity contribution in [3.05, 3.63) is 42.2 Å². The van der Waals surface area contributed by atoms with E-state index in [4.69, 9.17) is 9.40 Å². The minimum absolute atomic E-state index is 0.545. The number of likely N-dealkylation sites (tertiary alicyclic amines) is 1. The number of anilines is 2. The van der Waals surface area contributed by atoms with Crippen molar-refractivity contribution in [3.63, 3.8) is 0 Å². The average Bonchev–Trinajstić information content (AvgIpc) is 3.33. The second-order valence-corrected chi connectivity index (χ2v) is 9.85. The predicted molar refractivity (Wildman–Crippen MR) is 131 cm³/mol. The summed E-state index contributed by atoms with van der Waals surface area (Å²) in [4.78, 5) is 21.0. The van der Waals surface area contributed by atoms with E-state index >= 15 is 0 Å². The van der Waals surface area contributed by atoms with E-state index in [1.54, 1.807) is 0 Å². The summed E-state index contributed by atoms with van der Waals surface area (Å²) < 4.78 is 6.28. The fourth-order valence-corrected chi connectivity index (χ4v) is 5.89. The van der Waals surface area contributed by atoms with Gasteiger partial charge in [0.2, 0.25) is 5.95 Å². The van der Waals surface area contributed by atoms with Gasteiger partial charge < -0.3 is 19.1 Å². The zero-order chi connectivity index (χ0) is 22.0. The van der Waals surface area contributed by atoms with Crippen LogP contribution in [0, 0.1) is 0 Å². The van der Waals surface area contributed by atoms with E-state index in [1.807, 2.05) is 18.5 Å². The topological polar surface area (TPSA) is 61.5 Å². The number of hydrogen-bond acceptors (Lipinski definition) is 7. The van der Waals surface area contributed by atoms with Crippen molar-refractivity contribution in [2.24, 2.45) is 0 Å². The Morgan fingerprint density at radius 3 is 2.27 bits per heavy atom. The third-order valence-electron chi connectivity index (χ3n) is 7.84. The maximum atomic E-state index is 6.28. The minimum atomic E-state index is 0.545. The molecule has 174 valence electrons. The van der Waals surface area contributed by atoms with E-state index in [2.05, 4.69) is 42.9 Å². The van der Waals surface area contributed by atoms with Crippen molar-refractivity contribution >= 4 is 23.1 Å². The molecule has 7 heteroatoms. The van der Waals surface area contributed by atoms with Gasteiger partial charge in [0.25, 0.3) is 6.01 Å². The molecule has 33 heavy (non-hydrogen) atoms. The zero-order valence-corrected chi connectivity index (χ0v) is 19.4. The Hall–Kier alpha value is -2.67. The molecule has 7 nitrogen and oxygen atoms in total. The Balaban J connectivity index is 1.09. The monoisotopic (exact) mass is 446 g/mol. The SMILES string of the molecule is c1cnc(N2CCC(c3ccc4nc(N5CCC(N6CCCCC6)CC5)oc4c3)CC2)nc1. The Morgan fingerprint density at radius 2 is 1.52 bits per heavy atom. The van der Waals surface area contributed by atoms with Gasteiger partial charge in [-0.15, -0.1) is 0 Å². The van der Waals surface area contributed by atoms with Crippen molar-refractivity contribution in [1.29, 1.82) is 0 Å². The molecule has 5 heterocycles. The second kappa shape index (κ2) is 9.29. The quantitative estimate of drug-likeness (QED) is 0.586. The van der Waals surface area contributed by atoms with E-state index in [0.29, 0.717) is 5.92 Å². The highest BCUT2D eigenvalue weighted by molar-refractivity contribution is 5.75. The summed E-state index contributed by atoms with van der Waals surface area (Å²) in [5.74, 6) is 1.39. The first-order chi connectivity index (χ1) is 16.3. The highest BCUT2D eigenvalue weighted by Gasteiger charge is 2.28. The summed E-state index contributed by atoms with van der Waals surface area (Å²) in [5.41, 5.74) is 3.26. The lowest BCUT2D eigenvalue weighted by Gasteiger charge is -2.39. The largest absolute Gasteiger partial charge is 0.423 e. The zero-order valence-electron chi connectivity index (χ0n) is 19.4. The van der Waals surface area contributed by atoms with E-state index in [-0.39, 0.29) is 0 Å².